The van der Waals surface area contributed by atoms with E-state index in [1.54, 1.807) is 6.07 Å². The molecule has 0 spiro atoms. The molecule has 0 amide bonds. The van der Waals surface area contributed by atoms with Gasteiger partial charge in [0, 0.05) is 10.7 Å². The normalized spacial score (nSPS) is 9.67. The Kier molecular flexibility index (Phi) is 17.4. The zero-order valence-corrected chi connectivity index (χ0v) is 17.2. The van der Waals surface area contributed by atoms with E-state index in [4.69, 9.17) is 17.3 Å². The molecule has 24 heavy (non-hydrogen) atoms. The molecule has 0 saturated carbocycles. The average Bonchev–Trinajstić information content (AvgIpc) is 2.52. The molecule has 1 aromatic carbocycles. The first kappa shape index (κ1) is 25.0. The van der Waals surface area contributed by atoms with Crippen molar-refractivity contribution in [3.63, 3.8) is 0 Å². The Hall–Kier alpha value is -1.21. The molecule has 1 nitrogen and oxygen atoms in total. The van der Waals surface area contributed by atoms with Crippen molar-refractivity contribution < 1.29 is 0 Å². The van der Waals surface area contributed by atoms with Crippen LogP contribution in [0.3, 0.4) is 0 Å². The summed E-state index contributed by atoms with van der Waals surface area (Å²) >= 11 is 5.91. The van der Waals surface area contributed by atoms with E-state index in [-0.39, 0.29) is 0 Å². The van der Waals surface area contributed by atoms with E-state index in [0.717, 1.165) is 17.1 Å². The highest BCUT2D eigenvalue weighted by atomic mass is 35.5. The SMILES string of the molecule is C=CC(C)C.C=CC(C)C.CCCCCCc1cc(N)cc(Cl)c1. The number of hydrogen-bond acceptors (Lipinski definition) is 1. The highest BCUT2D eigenvalue weighted by Crippen LogP contribution is 2.18. The van der Waals surface area contributed by atoms with Crippen LogP contribution < -0.4 is 5.73 Å². The van der Waals surface area contributed by atoms with E-state index in [1.807, 2.05) is 24.3 Å². The second kappa shape index (κ2) is 16.6. The minimum absolute atomic E-state index is 0.648. The molecule has 2 heteroatoms. The molecule has 1 rings (SSSR count). The summed E-state index contributed by atoms with van der Waals surface area (Å²) in [6.45, 7) is 17.8. The quantitative estimate of drug-likeness (QED) is 0.304. The largest absolute Gasteiger partial charge is 0.399 e. The van der Waals surface area contributed by atoms with Crippen LogP contribution in [0.15, 0.2) is 43.5 Å². The van der Waals surface area contributed by atoms with Crippen LogP contribution >= 0.6 is 11.6 Å². The molecule has 0 atom stereocenters. The van der Waals surface area contributed by atoms with Gasteiger partial charge in [0.2, 0.25) is 0 Å². The predicted molar refractivity (Wildman–Crippen MR) is 114 cm³/mol. The second-order valence-corrected chi connectivity index (χ2v) is 7.10. The molecule has 0 heterocycles. The summed E-state index contributed by atoms with van der Waals surface area (Å²) in [5.41, 5.74) is 7.73. The van der Waals surface area contributed by atoms with Crippen LogP contribution in [0.25, 0.3) is 0 Å². The predicted octanol–water partition coefficient (Wildman–Crippen LogP) is 7.70. The zero-order chi connectivity index (χ0) is 19.0. The van der Waals surface area contributed by atoms with Gasteiger partial charge in [0.05, 0.1) is 0 Å². The highest BCUT2D eigenvalue weighted by molar-refractivity contribution is 6.30. The number of nitrogens with two attached hydrogens (primary N) is 1. The molecule has 0 aliphatic heterocycles. The molecule has 0 radical (unpaired) electrons. The number of aryl methyl sites for hydroxylation is 1. The van der Waals surface area contributed by atoms with Crippen molar-refractivity contribution in [2.24, 2.45) is 11.8 Å². The van der Waals surface area contributed by atoms with E-state index in [1.165, 1.54) is 31.2 Å². The van der Waals surface area contributed by atoms with Gasteiger partial charge < -0.3 is 5.73 Å². The van der Waals surface area contributed by atoms with Crippen molar-refractivity contribution in [3.8, 4) is 0 Å². The summed E-state index contributed by atoms with van der Waals surface area (Å²) < 4.78 is 0. The Bertz CT molecular complexity index is 403. The number of allylic oxidation sites excluding steroid dienone is 2. The van der Waals surface area contributed by atoms with Gasteiger partial charge in [-0.25, -0.2) is 0 Å². The summed E-state index contributed by atoms with van der Waals surface area (Å²) in [4.78, 5) is 0. The number of unbranched alkanes of at least 4 members (excludes halogenated alkanes) is 3. The number of anilines is 1. The van der Waals surface area contributed by atoms with Gasteiger partial charge in [0.15, 0.2) is 0 Å². The maximum absolute atomic E-state index is 5.91. The Morgan fingerprint density at radius 3 is 1.83 bits per heavy atom. The third kappa shape index (κ3) is 18.8. The van der Waals surface area contributed by atoms with Gasteiger partial charge in [-0.15, -0.1) is 13.2 Å². The topological polar surface area (TPSA) is 26.0 Å². The molecule has 0 saturated heterocycles. The fourth-order valence-electron chi connectivity index (χ4n) is 1.58. The molecular formula is C22H38ClN. The molecule has 0 aliphatic carbocycles. The van der Waals surface area contributed by atoms with Gasteiger partial charge in [-0.1, -0.05) is 77.6 Å². The van der Waals surface area contributed by atoms with Gasteiger partial charge in [0.1, 0.15) is 0 Å². The first-order valence-electron chi connectivity index (χ1n) is 9.06. The van der Waals surface area contributed by atoms with Gasteiger partial charge in [-0.2, -0.15) is 0 Å². The minimum atomic E-state index is 0.648. The van der Waals surface area contributed by atoms with Crippen LogP contribution in [0, 0.1) is 11.8 Å². The van der Waals surface area contributed by atoms with Crippen LogP contribution in [-0.2, 0) is 6.42 Å². The summed E-state index contributed by atoms with van der Waals surface area (Å²) in [6.07, 6.45) is 10.0. The van der Waals surface area contributed by atoms with Crippen LogP contribution in [0.1, 0.15) is 65.9 Å². The Morgan fingerprint density at radius 2 is 1.46 bits per heavy atom. The third-order valence-electron chi connectivity index (χ3n) is 3.24. The summed E-state index contributed by atoms with van der Waals surface area (Å²) in [6, 6.07) is 5.80. The lowest BCUT2D eigenvalue weighted by Gasteiger charge is -2.03. The Morgan fingerprint density at radius 1 is 0.958 bits per heavy atom. The van der Waals surface area contributed by atoms with E-state index >= 15 is 0 Å². The maximum atomic E-state index is 5.91. The number of benzene rings is 1. The van der Waals surface area contributed by atoms with Gasteiger partial charge in [0.25, 0.3) is 0 Å². The molecule has 0 aliphatic rings. The fourth-order valence-corrected chi connectivity index (χ4v) is 1.84. The molecule has 0 fully saturated rings. The van der Waals surface area contributed by atoms with E-state index in [9.17, 15) is 0 Å². The molecule has 0 aromatic heterocycles. The smallest absolute Gasteiger partial charge is 0.0429 e. The van der Waals surface area contributed by atoms with Crippen molar-refractivity contribution in [3.05, 3.63) is 54.1 Å². The first-order chi connectivity index (χ1) is 11.3. The zero-order valence-electron chi connectivity index (χ0n) is 16.4. The molecule has 0 unspecified atom stereocenters. The summed E-state index contributed by atoms with van der Waals surface area (Å²) in [7, 11) is 0. The average molecular weight is 352 g/mol. The minimum Gasteiger partial charge on any atom is -0.399 e. The number of nitrogen functional groups attached to an aromatic ring is 1. The van der Waals surface area contributed by atoms with Gasteiger partial charge >= 0.3 is 0 Å². The van der Waals surface area contributed by atoms with Gasteiger partial charge in [-0.3, -0.25) is 0 Å². The Labute approximate surface area is 156 Å². The molecule has 0 bridgehead atoms. The molecule has 1 aromatic rings. The summed E-state index contributed by atoms with van der Waals surface area (Å²) in [5.74, 6) is 1.30. The van der Waals surface area contributed by atoms with Crippen molar-refractivity contribution >= 4 is 17.3 Å². The van der Waals surface area contributed by atoms with Crippen LogP contribution in [0.5, 0.6) is 0 Å². The highest BCUT2D eigenvalue weighted by Gasteiger charge is 1.97. The third-order valence-corrected chi connectivity index (χ3v) is 3.46. The first-order valence-corrected chi connectivity index (χ1v) is 9.44. The lowest BCUT2D eigenvalue weighted by atomic mass is 10.1. The van der Waals surface area contributed by atoms with Crippen LogP contribution in [0.2, 0.25) is 5.02 Å². The number of halogens is 1. The maximum Gasteiger partial charge on any atom is 0.0429 e. The lowest BCUT2D eigenvalue weighted by molar-refractivity contribution is 0.667. The lowest BCUT2D eigenvalue weighted by Crippen LogP contribution is -1.90. The van der Waals surface area contributed by atoms with Crippen LogP contribution in [-0.4, -0.2) is 0 Å². The van der Waals surface area contributed by atoms with E-state index < -0.39 is 0 Å². The number of hydrogen-bond donors (Lipinski definition) is 1. The van der Waals surface area contributed by atoms with Crippen molar-refractivity contribution in [2.75, 3.05) is 5.73 Å². The van der Waals surface area contributed by atoms with Gasteiger partial charge in [-0.05, 0) is 48.4 Å². The molecule has 2 N–H and O–H groups in total. The van der Waals surface area contributed by atoms with Crippen molar-refractivity contribution in [1.82, 2.24) is 0 Å². The standard InChI is InChI=1S/C12H18ClN.2C5H10/c1-2-3-4-5-6-10-7-11(13)9-12(14)8-10;2*1-4-5(2)3/h7-9H,2-6,14H2,1H3;2*4-5H,1H2,2-3H3. The summed E-state index contributed by atoms with van der Waals surface area (Å²) in [5, 5.41) is 0.746. The van der Waals surface area contributed by atoms with Crippen LogP contribution in [0.4, 0.5) is 5.69 Å². The second-order valence-electron chi connectivity index (χ2n) is 6.66. The molecular weight excluding hydrogens is 314 g/mol. The van der Waals surface area contributed by atoms with E-state index in [0.29, 0.717) is 11.8 Å². The van der Waals surface area contributed by atoms with Crippen molar-refractivity contribution in [2.45, 2.75) is 66.7 Å². The Balaban J connectivity index is 0. The monoisotopic (exact) mass is 351 g/mol. The van der Waals surface area contributed by atoms with E-state index in [2.05, 4.69) is 47.8 Å². The number of rotatable bonds is 7. The fraction of sp³-hybridized carbons (Fsp3) is 0.545. The van der Waals surface area contributed by atoms with Crippen molar-refractivity contribution in [1.29, 1.82) is 0 Å². The molecule has 138 valence electrons.